The molecule has 7 heteroatoms. The number of thioether (sulfide) groups is 1. The Morgan fingerprint density at radius 3 is 2.60 bits per heavy atom. The Kier molecular flexibility index (Phi) is 6.52. The monoisotopic (exact) mass is 365 g/mol. The predicted octanol–water partition coefficient (Wildman–Crippen LogP) is 3.72. The van der Waals surface area contributed by atoms with E-state index in [4.69, 9.17) is 4.74 Å². The van der Waals surface area contributed by atoms with Crippen molar-refractivity contribution in [2.24, 2.45) is 0 Å². The number of carbonyl (C=O) groups excluding carboxylic acids is 2. The van der Waals surface area contributed by atoms with Crippen molar-refractivity contribution in [3.8, 4) is 0 Å². The second kappa shape index (κ2) is 8.62. The summed E-state index contributed by atoms with van der Waals surface area (Å²) >= 11 is 1.39. The Hall–Kier alpha value is -2.41. The minimum absolute atomic E-state index is 0.147. The van der Waals surface area contributed by atoms with Gasteiger partial charge in [0.05, 0.1) is 11.6 Å². The first-order valence-corrected chi connectivity index (χ1v) is 8.69. The van der Waals surface area contributed by atoms with Crippen LogP contribution in [0.3, 0.4) is 0 Å². The number of amides is 1. The molecule has 132 valence electrons. The summed E-state index contributed by atoms with van der Waals surface area (Å²) in [6, 6.07) is 9.33. The van der Waals surface area contributed by atoms with E-state index in [0.717, 1.165) is 17.0 Å². The number of benzene rings is 2. The topological polar surface area (TPSA) is 55.4 Å². The fourth-order valence-electron chi connectivity index (χ4n) is 2.24. The molecule has 0 fully saturated rings. The Balaban J connectivity index is 1.93. The zero-order chi connectivity index (χ0) is 18.4. The molecule has 0 radical (unpaired) electrons. The van der Waals surface area contributed by atoms with E-state index in [1.54, 1.807) is 31.2 Å². The number of hydrogen-bond donors (Lipinski definition) is 1. The van der Waals surface area contributed by atoms with E-state index in [9.17, 15) is 18.4 Å². The third-order valence-corrected chi connectivity index (χ3v) is 4.26. The molecule has 2 rings (SSSR count). The summed E-state index contributed by atoms with van der Waals surface area (Å²) in [5, 5.41) is 2.51. The third-order valence-electron chi connectivity index (χ3n) is 3.47. The normalized spacial score (nSPS) is 11.7. The van der Waals surface area contributed by atoms with E-state index in [1.165, 1.54) is 17.8 Å². The molecule has 2 aromatic carbocycles. The van der Waals surface area contributed by atoms with Crippen LogP contribution in [0.4, 0.5) is 8.78 Å². The van der Waals surface area contributed by atoms with Crippen LogP contribution in [0.2, 0.25) is 0 Å². The molecule has 0 spiro atoms. The highest BCUT2D eigenvalue weighted by Crippen LogP contribution is 2.21. The molecule has 0 bridgehead atoms. The molecule has 25 heavy (non-hydrogen) atoms. The molecule has 0 aliphatic rings. The highest BCUT2D eigenvalue weighted by atomic mass is 32.2. The van der Waals surface area contributed by atoms with Gasteiger partial charge in [-0.05, 0) is 31.4 Å². The molecule has 1 N–H and O–H groups in total. The van der Waals surface area contributed by atoms with Crippen LogP contribution in [0, 0.1) is 11.6 Å². The fourth-order valence-corrected chi connectivity index (χ4v) is 2.82. The lowest BCUT2D eigenvalue weighted by atomic mass is 10.1. The van der Waals surface area contributed by atoms with Crippen LogP contribution >= 0.6 is 11.8 Å². The van der Waals surface area contributed by atoms with Gasteiger partial charge in [-0.1, -0.05) is 18.2 Å². The molecular weight excluding hydrogens is 348 g/mol. The quantitative estimate of drug-likeness (QED) is 0.626. The molecule has 0 aliphatic heterocycles. The number of halogens is 2. The van der Waals surface area contributed by atoms with Crippen LogP contribution in [-0.2, 0) is 9.53 Å². The van der Waals surface area contributed by atoms with Crippen LogP contribution in [0.1, 0.15) is 28.9 Å². The maximum Gasteiger partial charge on any atom is 0.339 e. The minimum atomic E-state index is -0.751. The highest BCUT2D eigenvalue weighted by molar-refractivity contribution is 7.98. The molecule has 0 aliphatic carbocycles. The molecule has 0 saturated heterocycles. The predicted molar refractivity (Wildman–Crippen MR) is 91.4 cm³/mol. The van der Waals surface area contributed by atoms with Crippen molar-refractivity contribution < 1.29 is 23.1 Å². The average Bonchev–Trinajstić information content (AvgIpc) is 2.59. The van der Waals surface area contributed by atoms with Gasteiger partial charge in [0.2, 0.25) is 0 Å². The smallest absolute Gasteiger partial charge is 0.339 e. The summed E-state index contributed by atoms with van der Waals surface area (Å²) < 4.78 is 31.6. The van der Waals surface area contributed by atoms with Crippen molar-refractivity contribution in [2.45, 2.75) is 17.9 Å². The highest BCUT2D eigenvalue weighted by Gasteiger charge is 2.17. The van der Waals surface area contributed by atoms with E-state index in [-0.39, 0.29) is 5.56 Å². The first-order chi connectivity index (χ1) is 11.9. The van der Waals surface area contributed by atoms with Gasteiger partial charge in [-0.25, -0.2) is 13.6 Å². The molecule has 0 unspecified atom stereocenters. The molecule has 0 heterocycles. The lowest BCUT2D eigenvalue weighted by Crippen LogP contribution is -2.31. The van der Waals surface area contributed by atoms with Gasteiger partial charge in [0.1, 0.15) is 11.6 Å². The van der Waals surface area contributed by atoms with Gasteiger partial charge in [0, 0.05) is 16.5 Å². The zero-order valence-electron chi connectivity index (χ0n) is 13.7. The molecule has 4 nitrogen and oxygen atoms in total. The Morgan fingerprint density at radius 2 is 1.92 bits per heavy atom. The van der Waals surface area contributed by atoms with Gasteiger partial charge in [-0.3, -0.25) is 4.79 Å². The summed E-state index contributed by atoms with van der Waals surface area (Å²) in [4.78, 5) is 24.7. The van der Waals surface area contributed by atoms with Gasteiger partial charge in [-0.15, -0.1) is 11.8 Å². The minimum Gasteiger partial charge on any atom is -0.452 e. The standard InChI is InChI=1S/C18H17F2NO3S/c1-11(13-8-7-12(19)9-15(13)20)21-17(22)10-24-18(23)14-5-3-4-6-16(14)25-2/h3-9,11H,10H2,1-2H3,(H,21,22)/t11-/m0/s1. The Morgan fingerprint density at radius 1 is 1.20 bits per heavy atom. The summed E-state index contributed by atoms with van der Waals surface area (Å²) in [6.45, 7) is 1.06. The van der Waals surface area contributed by atoms with Gasteiger partial charge >= 0.3 is 5.97 Å². The van der Waals surface area contributed by atoms with E-state index < -0.39 is 36.2 Å². The maximum atomic E-state index is 13.7. The first kappa shape index (κ1) is 18.9. The van der Waals surface area contributed by atoms with Crippen molar-refractivity contribution in [3.63, 3.8) is 0 Å². The molecule has 0 aromatic heterocycles. The lowest BCUT2D eigenvalue weighted by molar-refractivity contribution is -0.124. The van der Waals surface area contributed by atoms with Crippen molar-refractivity contribution in [3.05, 3.63) is 65.2 Å². The van der Waals surface area contributed by atoms with Crippen LogP contribution in [0.5, 0.6) is 0 Å². The lowest BCUT2D eigenvalue weighted by Gasteiger charge is -2.15. The van der Waals surface area contributed by atoms with Gasteiger partial charge in [-0.2, -0.15) is 0 Å². The molecule has 1 amide bonds. The van der Waals surface area contributed by atoms with Crippen LogP contribution in [0.15, 0.2) is 47.4 Å². The van der Waals surface area contributed by atoms with Crippen molar-refractivity contribution in [1.82, 2.24) is 5.32 Å². The summed E-state index contributed by atoms with van der Waals surface area (Å²) in [7, 11) is 0. The summed E-state index contributed by atoms with van der Waals surface area (Å²) in [6.07, 6.45) is 1.83. The van der Waals surface area contributed by atoms with E-state index >= 15 is 0 Å². The molecule has 0 saturated carbocycles. The van der Waals surface area contributed by atoms with E-state index in [0.29, 0.717) is 5.56 Å². The van der Waals surface area contributed by atoms with Gasteiger partial charge in [0.25, 0.3) is 5.91 Å². The van der Waals surface area contributed by atoms with E-state index in [2.05, 4.69) is 5.32 Å². The molecule has 2 aromatic rings. The molecular formula is C18H17F2NO3S. The number of rotatable bonds is 6. The van der Waals surface area contributed by atoms with Crippen LogP contribution in [0.25, 0.3) is 0 Å². The number of ether oxygens (including phenoxy) is 1. The zero-order valence-corrected chi connectivity index (χ0v) is 14.5. The molecule has 1 atom stereocenters. The Bertz CT molecular complexity index is 783. The van der Waals surface area contributed by atoms with Crippen molar-refractivity contribution in [2.75, 3.05) is 12.9 Å². The van der Waals surface area contributed by atoms with Crippen LogP contribution < -0.4 is 5.32 Å². The maximum absolute atomic E-state index is 13.7. The number of esters is 1. The van der Waals surface area contributed by atoms with Crippen molar-refractivity contribution >= 4 is 23.6 Å². The van der Waals surface area contributed by atoms with Crippen LogP contribution in [-0.4, -0.2) is 24.7 Å². The average molecular weight is 365 g/mol. The Labute approximate surface area is 148 Å². The first-order valence-electron chi connectivity index (χ1n) is 7.47. The number of hydrogen-bond acceptors (Lipinski definition) is 4. The second-order valence-electron chi connectivity index (χ2n) is 5.23. The number of nitrogens with one attached hydrogen (secondary N) is 1. The van der Waals surface area contributed by atoms with Gasteiger partial charge in [0.15, 0.2) is 6.61 Å². The third kappa shape index (κ3) is 5.03. The van der Waals surface area contributed by atoms with Gasteiger partial charge < -0.3 is 10.1 Å². The second-order valence-corrected chi connectivity index (χ2v) is 6.08. The van der Waals surface area contributed by atoms with E-state index in [1.807, 2.05) is 6.26 Å². The van der Waals surface area contributed by atoms with Crippen molar-refractivity contribution in [1.29, 1.82) is 0 Å². The summed E-state index contributed by atoms with van der Waals surface area (Å²) in [5.41, 5.74) is 0.522. The fraction of sp³-hybridized carbons (Fsp3) is 0.222. The SMILES string of the molecule is CSc1ccccc1C(=O)OCC(=O)N[C@@H](C)c1ccc(F)cc1F. The summed E-state index contributed by atoms with van der Waals surface area (Å²) in [5.74, 6) is -2.63. The largest absolute Gasteiger partial charge is 0.452 e. The number of carbonyl (C=O) groups is 2.